The number of fused-ring (bicyclic) bond motifs is 1. The number of nitrogens with zero attached hydrogens (tertiary/aromatic N) is 3. The summed E-state index contributed by atoms with van der Waals surface area (Å²) < 4.78 is 3.60. The van der Waals surface area contributed by atoms with Crippen LogP contribution < -0.4 is 10.7 Å². The topological polar surface area (TPSA) is 68.9 Å². The van der Waals surface area contributed by atoms with Gasteiger partial charge in [0.15, 0.2) is 5.43 Å². The van der Waals surface area contributed by atoms with Gasteiger partial charge in [-0.2, -0.15) is 5.10 Å². The molecule has 1 aromatic carbocycles. The normalized spacial score (nSPS) is 10.8. The predicted molar refractivity (Wildman–Crippen MR) is 88.0 cm³/mol. The standard InChI is InChI=1S/C17H18N4O2/c1-2-21-11-13(10-19-21)9-18-17(23)12-20-8-7-16(22)14-5-3-4-6-15(14)20/h3-8,10-11H,2,9,12H2,1H3,(H,18,23). The van der Waals surface area contributed by atoms with Crippen LogP contribution in [0, 0.1) is 0 Å². The number of nitrogens with one attached hydrogen (secondary N) is 1. The van der Waals surface area contributed by atoms with E-state index in [1.165, 1.54) is 6.07 Å². The Morgan fingerprint density at radius 1 is 1.26 bits per heavy atom. The van der Waals surface area contributed by atoms with E-state index in [2.05, 4.69) is 10.4 Å². The molecule has 1 amide bonds. The van der Waals surface area contributed by atoms with Gasteiger partial charge < -0.3 is 9.88 Å². The maximum atomic E-state index is 12.2. The van der Waals surface area contributed by atoms with Crippen molar-refractivity contribution in [2.75, 3.05) is 0 Å². The van der Waals surface area contributed by atoms with Crippen molar-refractivity contribution >= 4 is 16.8 Å². The Labute approximate surface area is 133 Å². The van der Waals surface area contributed by atoms with Crippen LogP contribution in [0.15, 0.2) is 53.7 Å². The fraction of sp³-hybridized carbons (Fsp3) is 0.235. The van der Waals surface area contributed by atoms with Crippen LogP contribution in [-0.2, 0) is 24.4 Å². The van der Waals surface area contributed by atoms with Crippen molar-refractivity contribution in [3.63, 3.8) is 0 Å². The smallest absolute Gasteiger partial charge is 0.240 e. The summed E-state index contributed by atoms with van der Waals surface area (Å²) in [6, 6.07) is 8.77. The molecule has 6 heteroatoms. The first-order chi connectivity index (χ1) is 11.2. The molecule has 0 unspecified atom stereocenters. The van der Waals surface area contributed by atoms with E-state index >= 15 is 0 Å². The summed E-state index contributed by atoms with van der Waals surface area (Å²) in [4.78, 5) is 24.0. The zero-order chi connectivity index (χ0) is 16.2. The molecule has 1 N–H and O–H groups in total. The number of rotatable bonds is 5. The van der Waals surface area contributed by atoms with Gasteiger partial charge in [-0.1, -0.05) is 12.1 Å². The highest BCUT2D eigenvalue weighted by molar-refractivity contribution is 5.82. The van der Waals surface area contributed by atoms with E-state index in [0.717, 1.165) is 17.6 Å². The molecule has 0 aliphatic heterocycles. The molecule has 2 aromatic heterocycles. The number of amides is 1. The molecule has 0 radical (unpaired) electrons. The second-order valence-corrected chi connectivity index (χ2v) is 5.31. The average molecular weight is 310 g/mol. The molecular formula is C17H18N4O2. The minimum absolute atomic E-state index is 0.0377. The molecule has 0 aliphatic rings. The number of pyridine rings is 1. The van der Waals surface area contributed by atoms with E-state index in [9.17, 15) is 9.59 Å². The Bertz CT molecular complexity index is 895. The molecule has 0 bridgehead atoms. The molecule has 2 heterocycles. The first-order valence-electron chi connectivity index (χ1n) is 7.53. The van der Waals surface area contributed by atoms with Crippen LogP contribution in [0.5, 0.6) is 0 Å². The molecule has 0 fully saturated rings. The second-order valence-electron chi connectivity index (χ2n) is 5.31. The quantitative estimate of drug-likeness (QED) is 0.777. The van der Waals surface area contributed by atoms with Crippen LogP contribution in [0.2, 0.25) is 0 Å². The van der Waals surface area contributed by atoms with E-state index < -0.39 is 0 Å². The van der Waals surface area contributed by atoms with Gasteiger partial charge in [0, 0.05) is 42.5 Å². The molecule has 23 heavy (non-hydrogen) atoms. The lowest BCUT2D eigenvalue weighted by Gasteiger charge is -2.10. The molecular weight excluding hydrogens is 292 g/mol. The summed E-state index contributed by atoms with van der Waals surface area (Å²) >= 11 is 0. The zero-order valence-electron chi connectivity index (χ0n) is 12.9. The highest BCUT2D eigenvalue weighted by Gasteiger charge is 2.07. The van der Waals surface area contributed by atoms with Crippen LogP contribution in [0.25, 0.3) is 10.9 Å². The summed E-state index contributed by atoms with van der Waals surface area (Å²) in [5.41, 5.74) is 1.68. The predicted octanol–water partition coefficient (Wildman–Crippen LogP) is 1.53. The van der Waals surface area contributed by atoms with Crippen molar-refractivity contribution in [2.45, 2.75) is 26.6 Å². The van der Waals surface area contributed by atoms with Gasteiger partial charge in [0.25, 0.3) is 0 Å². The van der Waals surface area contributed by atoms with E-state index in [4.69, 9.17) is 0 Å². The van der Waals surface area contributed by atoms with Gasteiger partial charge in [-0.15, -0.1) is 0 Å². The Morgan fingerprint density at radius 2 is 2.09 bits per heavy atom. The monoisotopic (exact) mass is 310 g/mol. The fourth-order valence-electron chi connectivity index (χ4n) is 2.48. The summed E-state index contributed by atoms with van der Waals surface area (Å²) in [7, 11) is 0. The van der Waals surface area contributed by atoms with Crippen molar-refractivity contribution in [3.05, 3.63) is 64.7 Å². The van der Waals surface area contributed by atoms with E-state index in [0.29, 0.717) is 11.9 Å². The average Bonchev–Trinajstić information content (AvgIpc) is 3.04. The number of benzene rings is 1. The molecule has 6 nitrogen and oxygen atoms in total. The van der Waals surface area contributed by atoms with Crippen molar-refractivity contribution in [3.8, 4) is 0 Å². The summed E-state index contributed by atoms with van der Waals surface area (Å²) in [5.74, 6) is -0.108. The van der Waals surface area contributed by atoms with Crippen LogP contribution in [0.3, 0.4) is 0 Å². The van der Waals surface area contributed by atoms with Crippen LogP contribution in [0.1, 0.15) is 12.5 Å². The number of carbonyl (C=O) groups excluding carboxylic acids is 1. The summed E-state index contributed by atoms with van der Waals surface area (Å²) in [6.07, 6.45) is 5.31. The number of aromatic nitrogens is 3. The maximum absolute atomic E-state index is 12.2. The molecule has 0 aliphatic carbocycles. The van der Waals surface area contributed by atoms with Gasteiger partial charge in [-0.05, 0) is 19.1 Å². The van der Waals surface area contributed by atoms with Gasteiger partial charge in [-0.3, -0.25) is 14.3 Å². The van der Waals surface area contributed by atoms with E-state index in [-0.39, 0.29) is 17.9 Å². The lowest BCUT2D eigenvalue weighted by Crippen LogP contribution is -2.27. The molecule has 118 valence electrons. The van der Waals surface area contributed by atoms with Gasteiger partial charge in [0.2, 0.25) is 5.91 Å². The number of aryl methyl sites for hydroxylation is 1. The summed E-state index contributed by atoms with van der Waals surface area (Å²) in [6.45, 7) is 3.42. The van der Waals surface area contributed by atoms with Crippen molar-refractivity contribution in [1.29, 1.82) is 0 Å². The van der Waals surface area contributed by atoms with Crippen molar-refractivity contribution in [2.24, 2.45) is 0 Å². The van der Waals surface area contributed by atoms with Gasteiger partial charge >= 0.3 is 0 Å². The Morgan fingerprint density at radius 3 is 2.87 bits per heavy atom. The number of para-hydroxylation sites is 1. The van der Waals surface area contributed by atoms with E-state index in [1.54, 1.807) is 23.0 Å². The molecule has 3 rings (SSSR count). The third-order valence-electron chi connectivity index (χ3n) is 3.70. The highest BCUT2D eigenvalue weighted by atomic mass is 16.2. The summed E-state index contributed by atoms with van der Waals surface area (Å²) in [5, 5.41) is 7.66. The van der Waals surface area contributed by atoms with Crippen molar-refractivity contribution < 1.29 is 4.79 Å². The van der Waals surface area contributed by atoms with Crippen LogP contribution in [0.4, 0.5) is 0 Å². The zero-order valence-corrected chi connectivity index (χ0v) is 12.9. The molecule has 0 spiro atoms. The van der Waals surface area contributed by atoms with E-state index in [1.807, 2.05) is 36.0 Å². The Kier molecular flexibility index (Phi) is 4.23. The van der Waals surface area contributed by atoms with Crippen LogP contribution >= 0.6 is 0 Å². The van der Waals surface area contributed by atoms with Gasteiger partial charge in [0.1, 0.15) is 6.54 Å². The molecule has 0 saturated carbocycles. The maximum Gasteiger partial charge on any atom is 0.240 e. The van der Waals surface area contributed by atoms with Gasteiger partial charge in [-0.25, -0.2) is 0 Å². The SMILES string of the molecule is CCn1cc(CNC(=O)Cn2ccc(=O)c3ccccc32)cn1. The third-order valence-corrected chi connectivity index (χ3v) is 3.70. The van der Waals surface area contributed by atoms with Crippen molar-refractivity contribution in [1.82, 2.24) is 19.7 Å². The first-order valence-corrected chi connectivity index (χ1v) is 7.53. The lowest BCUT2D eigenvalue weighted by molar-refractivity contribution is -0.121. The molecule has 0 saturated heterocycles. The Hall–Kier alpha value is -2.89. The van der Waals surface area contributed by atoms with Gasteiger partial charge in [0.05, 0.1) is 11.7 Å². The third kappa shape index (κ3) is 3.31. The lowest BCUT2D eigenvalue weighted by atomic mass is 10.2. The number of hydrogen-bond acceptors (Lipinski definition) is 3. The minimum atomic E-state index is -0.108. The largest absolute Gasteiger partial charge is 0.350 e. The number of carbonyl (C=O) groups is 1. The Balaban J connectivity index is 1.70. The second kappa shape index (κ2) is 6.48. The number of hydrogen-bond donors (Lipinski definition) is 1. The molecule has 0 atom stereocenters. The highest BCUT2D eigenvalue weighted by Crippen LogP contribution is 2.09. The first kappa shape index (κ1) is 15.0. The fourth-order valence-corrected chi connectivity index (χ4v) is 2.48. The van der Waals surface area contributed by atoms with Crippen LogP contribution in [-0.4, -0.2) is 20.3 Å². The molecule has 3 aromatic rings. The minimum Gasteiger partial charge on any atom is -0.350 e.